The molecule has 2 rings (SSSR count). The minimum absolute atomic E-state index is 0.0315. The molecule has 21 heavy (non-hydrogen) atoms. The number of carbonyl (C=O) groups excluding carboxylic acids is 1. The van der Waals surface area contributed by atoms with Gasteiger partial charge < -0.3 is 19.7 Å². The van der Waals surface area contributed by atoms with Crippen LogP contribution in [-0.4, -0.2) is 56.0 Å². The third-order valence-electron chi connectivity index (χ3n) is 4.44. The number of rotatable bonds is 2. The summed E-state index contributed by atoms with van der Waals surface area (Å²) in [6, 6.07) is 0.184. The van der Waals surface area contributed by atoms with E-state index in [-0.39, 0.29) is 23.6 Å². The van der Waals surface area contributed by atoms with Crippen molar-refractivity contribution in [3.63, 3.8) is 0 Å². The molecule has 0 aromatic heterocycles. The van der Waals surface area contributed by atoms with Gasteiger partial charge in [0, 0.05) is 25.6 Å². The van der Waals surface area contributed by atoms with Gasteiger partial charge in [-0.1, -0.05) is 20.8 Å². The van der Waals surface area contributed by atoms with Crippen LogP contribution >= 0.6 is 0 Å². The quantitative estimate of drug-likeness (QED) is 0.851. The van der Waals surface area contributed by atoms with Gasteiger partial charge in [-0.3, -0.25) is 0 Å². The van der Waals surface area contributed by atoms with Crippen LogP contribution in [0.3, 0.4) is 0 Å². The number of ether oxygens (including phenoxy) is 2. The fraction of sp³-hybridized carbons (Fsp3) is 0.938. The Morgan fingerprint density at radius 1 is 1.33 bits per heavy atom. The predicted octanol–water partition coefficient (Wildman–Crippen LogP) is 2.26. The third-order valence-corrected chi connectivity index (χ3v) is 4.44. The maximum atomic E-state index is 12.3. The molecule has 3 atom stereocenters. The van der Waals surface area contributed by atoms with Crippen molar-refractivity contribution in [1.29, 1.82) is 0 Å². The van der Waals surface area contributed by atoms with Crippen LogP contribution in [-0.2, 0) is 9.47 Å². The molecule has 0 saturated carbocycles. The average Bonchev–Trinajstić information content (AvgIpc) is 2.44. The molecule has 2 aliphatic heterocycles. The molecule has 5 heteroatoms. The third kappa shape index (κ3) is 4.33. The van der Waals surface area contributed by atoms with E-state index in [1.807, 2.05) is 11.8 Å². The second-order valence-corrected chi connectivity index (χ2v) is 7.36. The van der Waals surface area contributed by atoms with Crippen molar-refractivity contribution in [2.75, 3.05) is 32.9 Å². The van der Waals surface area contributed by atoms with E-state index < -0.39 is 0 Å². The van der Waals surface area contributed by atoms with Gasteiger partial charge in [0.2, 0.25) is 0 Å². The summed E-state index contributed by atoms with van der Waals surface area (Å²) < 4.78 is 11.3. The molecular formula is C16H30N2O3. The first-order valence-corrected chi connectivity index (χ1v) is 8.13. The highest BCUT2D eigenvalue weighted by molar-refractivity contribution is 5.74. The molecule has 2 saturated heterocycles. The van der Waals surface area contributed by atoms with E-state index in [2.05, 4.69) is 26.1 Å². The van der Waals surface area contributed by atoms with E-state index in [9.17, 15) is 4.79 Å². The van der Waals surface area contributed by atoms with E-state index in [0.717, 1.165) is 19.4 Å². The molecule has 0 radical (unpaired) electrons. The zero-order valence-electron chi connectivity index (χ0n) is 13.9. The van der Waals surface area contributed by atoms with Crippen molar-refractivity contribution >= 4 is 6.03 Å². The van der Waals surface area contributed by atoms with Crippen molar-refractivity contribution in [2.45, 2.75) is 52.7 Å². The first kappa shape index (κ1) is 16.6. The van der Waals surface area contributed by atoms with Gasteiger partial charge in [0.1, 0.15) is 0 Å². The number of nitrogens with one attached hydrogen (secondary N) is 1. The fourth-order valence-corrected chi connectivity index (χ4v) is 3.36. The highest BCUT2D eigenvalue weighted by Crippen LogP contribution is 2.33. The van der Waals surface area contributed by atoms with Gasteiger partial charge in [-0.25, -0.2) is 4.79 Å². The smallest absolute Gasteiger partial charge is 0.317 e. The average molecular weight is 298 g/mol. The summed E-state index contributed by atoms with van der Waals surface area (Å²) >= 11 is 0. The first-order chi connectivity index (χ1) is 9.89. The van der Waals surface area contributed by atoms with Gasteiger partial charge >= 0.3 is 6.03 Å². The van der Waals surface area contributed by atoms with Crippen LogP contribution in [0.1, 0.15) is 40.5 Å². The lowest BCUT2D eigenvalue weighted by Crippen LogP contribution is -2.53. The molecule has 0 aliphatic carbocycles. The summed E-state index contributed by atoms with van der Waals surface area (Å²) in [5, 5.41) is 3.11. The van der Waals surface area contributed by atoms with Crippen LogP contribution in [0.4, 0.5) is 4.79 Å². The van der Waals surface area contributed by atoms with E-state index in [1.165, 1.54) is 0 Å². The molecule has 0 aromatic rings. The Bertz CT molecular complexity index is 354. The lowest BCUT2D eigenvalue weighted by atomic mass is 9.78. The molecular weight excluding hydrogens is 268 g/mol. The van der Waals surface area contributed by atoms with Crippen LogP contribution in [0.25, 0.3) is 0 Å². The summed E-state index contributed by atoms with van der Waals surface area (Å²) in [5.41, 5.74) is 0.113. The van der Waals surface area contributed by atoms with Gasteiger partial charge in [0.25, 0.3) is 0 Å². The van der Waals surface area contributed by atoms with E-state index in [1.54, 1.807) is 0 Å². The Balaban J connectivity index is 1.87. The highest BCUT2D eigenvalue weighted by atomic mass is 16.5. The number of urea groups is 1. The highest BCUT2D eigenvalue weighted by Gasteiger charge is 2.35. The molecule has 1 N–H and O–H groups in total. The molecule has 3 unspecified atom stereocenters. The maximum Gasteiger partial charge on any atom is 0.317 e. The van der Waals surface area contributed by atoms with Crippen LogP contribution in [0.5, 0.6) is 0 Å². The van der Waals surface area contributed by atoms with Crippen molar-refractivity contribution in [3.05, 3.63) is 0 Å². The normalized spacial score (nSPS) is 31.0. The van der Waals surface area contributed by atoms with Gasteiger partial charge in [-0.15, -0.1) is 0 Å². The number of carbonyl (C=O) groups is 1. The van der Waals surface area contributed by atoms with Gasteiger partial charge in [0.15, 0.2) is 0 Å². The van der Waals surface area contributed by atoms with E-state index in [4.69, 9.17) is 9.47 Å². The van der Waals surface area contributed by atoms with Crippen molar-refractivity contribution < 1.29 is 14.3 Å². The molecule has 0 spiro atoms. The van der Waals surface area contributed by atoms with E-state index in [0.29, 0.717) is 32.2 Å². The van der Waals surface area contributed by atoms with E-state index >= 15 is 0 Å². The summed E-state index contributed by atoms with van der Waals surface area (Å²) in [6.45, 7) is 12.1. The zero-order chi connectivity index (χ0) is 15.5. The predicted molar refractivity (Wildman–Crippen MR) is 82.3 cm³/mol. The molecule has 122 valence electrons. The van der Waals surface area contributed by atoms with Crippen molar-refractivity contribution in [3.8, 4) is 0 Å². The molecule has 0 bridgehead atoms. The fourth-order valence-electron chi connectivity index (χ4n) is 3.36. The van der Waals surface area contributed by atoms with Gasteiger partial charge in [-0.2, -0.15) is 0 Å². The standard InChI is InChI=1S/C16H30N2O3/c1-12-11-20-9-7-18(12)15(19)17-10-13-6-5-8-21-14(13)16(2,3)4/h12-14H,5-11H2,1-4H3,(H,17,19). The summed E-state index contributed by atoms with van der Waals surface area (Å²) in [7, 11) is 0. The number of hydrogen-bond donors (Lipinski definition) is 1. The Morgan fingerprint density at radius 3 is 2.76 bits per heavy atom. The Labute approximate surface area is 128 Å². The summed E-state index contributed by atoms with van der Waals surface area (Å²) in [5.74, 6) is 0.402. The molecule has 2 fully saturated rings. The maximum absolute atomic E-state index is 12.3. The first-order valence-electron chi connectivity index (χ1n) is 8.13. The molecule has 2 amide bonds. The lowest BCUT2D eigenvalue weighted by Gasteiger charge is -2.41. The minimum Gasteiger partial charge on any atom is -0.377 e. The largest absolute Gasteiger partial charge is 0.377 e. The monoisotopic (exact) mass is 298 g/mol. The lowest BCUT2D eigenvalue weighted by molar-refractivity contribution is -0.0841. The Hall–Kier alpha value is -0.810. The van der Waals surface area contributed by atoms with Crippen LogP contribution in [0.2, 0.25) is 0 Å². The molecule has 2 aliphatic rings. The van der Waals surface area contributed by atoms with Gasteiger partial charge in [0.05, 0.1) is 25.4 Å². The number of nitrogens with zero attached hydrogens (tertiary/aromatic N) is 1. The second kappa shape index (κ2) is 6.97. The number of amides is 2. The number of hydrogen-bond acceptors (Lipinski definition) is 3. The topological polar surface area (TPSA) is 50.8 Å². The molecule has 2 heterocycles. The van der Waals surface area contributed by atoms with Crippen LogP contribution < -0.4 is 5.32 Å². The van der Waals surface area contributed by atoms with Crippen molar-refractivity contribution in [1.82, 2.24) is 10.2 Å². The molecule has 0 aromatic carbocycles. The number of morpholine rings is 1. The summed E-state index contributed by atoms with van der Waals surface area (Å²) in [4.78, 5) is 14.2. The van der Waals surface area contributed by atoms with Gasteiger partial charge in [-0.05, 0) is 25.2 Å². The Morgan fingerprint density at radius 2 is 2.10 bits per heavy atom. The zero-order valence-corrected chi connectivity index (χ0v) is 13.9. The Kier molecular flexibility index (Phi) is 5.49. The molecule has 5 nitrogen and oxygen atoms in total. The minimum atomic E-state index is 0.0315. The van der Waals surface area contributed by atoms with Crippen molar-refractivity contribution in [2.24, 2.45) is 11.3 Å². The second-order valence-electron chi connectivity index (χ2n) is 7.36. The SMILES string of the molecule is CC1COCCN1C(=O)NCC1CCCOC1C(C)(C)C. The summed E-state index contributed by atoms with van der Waals surface area (Å²) in [6.07, 6.45) is 2.43. The van der Waals surface area contributed by atoms with Crippen LogP contribution in [0, 0.1) is 11.3 Å². The van der Waals surface area contributed by atoms with Crippen LogP contribution in [0.15, 0.2) is 0 Å².